The van der Waals surface area contributed by atoms with E-state index < -0.39 is 5.97 Å². The number of carbonyl (C=O) groups is 1. The number of likely N-dealkylation sites (N-methyl/N-ethyl adjacent to an activating group) is 1. The molecule has 9 nitrogen and oxygen atoms in total. The maximum atomic E-state index is 11.9. The van der Waals surface area contributed by atoms with Gasteiger partial charge in [-0.15, -0.1) is 0 Å². The first kappa shape index (κ1) is 28.2. The lowest BCUT2D eigenvalue weighted by Gasteiger charge is -2.32. The molecule has 1 saturated heterocycles. The molecule has 0 radical (unpaired) electrons. The third-order valence-corrected chi connectivity index (χ3v) is 6.16. The van der Waals surface area contributed by atoms with Crippen molar-refractivity contribution in [3.8, 4) is 33.9 Å². The third-order valence-electron chi connectivity index (χ3n) is 6.16. The minimum absolute atomic E-state index is 0.0782. The number of aromatic carboxylic acids is 1. The number of hydrogen-bond acceptors (Lipinski definition) is 8. The summed E-state index contributed by atoms with van der Waals surface area (Å²) in [6, 6.07) is 11.1. The standard InChI is InChI=1S/C25H29N3O5.C3H9N/c1-15(2)18-12-19(23(30)20(29)13-18)24-21(22(25(31)32)26-33-24)17-6-4-16(5-7-17)14-28-10-8-27(3)9-11-28;1-3(2)4/h4-7,12-13,15,29-30H,8-11,14H2,1-3H3,(H,31,32);3H,4H2,1-2H3. The monoisotopic (exact) mass is 510 g/mol. The lowest BCUT2D eigenvalue weighted by molar-refractivity contribution is 0.0686. The summed E-state index contributed by atoms with van der Waals surface area (Å²) in [5, 5.41) is 34.2. The highest BCUT2D eigenvalue weighted by molar-refractivity contribution is 5.99. The Morgan fingerprint density at radius 2 is 1.65 bits per heavy atom. The molecular formula is C28H38N4O5. The van der Waals surface area contributed by atoms with Gasteiger partial charge in [0.15, 0.2) is 23.0 Å². The molecule has 0 aliphatic carbocycles. The van der Waals surface area contributed by atoms with Gasteiger partial charge in [0.1, 0.15) is 0 Å². The number of phenolic OH excluding ortho intramolecular Hbond substituents is 2. The quantitative estimate of drug-likeness (QED) is 0.357. The fourth-order valence-corrected chi connectivity index (χ4v) is 4.08. The van der Waals surface area contributed by atoms with Crippen LogP contribution in [0.3, 0.4) is 0 Å². The Morgan fingerprint density at radius 3 is 2.19 bits per heavy atom. The van der Waals surface area contributed by atoms with Crippen LogP contribution >= 0.6 is 0 Å². The number of piperazine rings is 1. The van der Waals surface area contributed by atoms with E-state index in [-0.39, 0.29) is 40.0 Å². The van der Waals surface area contributed by atoms with Crippen LogP contribution in [0.5, 0.6) is 11.5 Å². The Bertz CT molecular complexity index is 1190. The van der Waals surface area contributed by atoms with Crippen LogP contribution in [0.25, 0.3) is 22.5 Å². The van der Waals surface area contributed by atoms with Crippen molar-refractivity contribution in [3.63, 3.8) is 0 Å². The molecule has 0 bridgehead atoms. The molecule has 200 valence electrons. The van der Waals surface area contributed by atoms with E-state index in [0.717, 1.165) is 43.9 Å². The van der Waals surface area contributed by atoms with Gasteiger partial charge in [0.2, 0.25) is 0 Å². The van der Waals surface area contributed by atoms with E-state index in [2.05, 4.69) is 22.0 Å². The highest BCUT2D eigenvalue weighted by Crippen LogP contribution is 2.44. The molecule has 3 aromatic rings. The van der Waals surface area contributed by atoms with Gasteiger partial charge in [-0.25, -0.2) is 4.79 Å². The molecule has 1 fully saturated rings. The van der Waals surface area contributed by atoms with Crippen LogP contribution in [0.1, 0.15) is 55.2 Å². The Morgan fingerprint density at radius 1 is 1.05 bits per heavy atom. The lowest BCUT2D eigenvalue weighted by atomic mass is 9.94. The van der Waals surface area contributed by atoms with Crippen molar-refractivity contribution in [2.24, 2.45) is 5.73 Å². The molecule has 1 aliphatic rings. The van der Waals surface area contributed by atoms with E-state index in [1.54, 1.807) is 6.07 Å². The van der Waals surface area contributed by atoms with E-state index in [4.69, 9.17) is 10.3 Å². The molecule has 0 atom stereocenters. The number of benzene rings is 2. The second-order valence-corrected chi connectivity index (χ2v) is 10.2. The lowest BCUT2D eigenvalue weighted by Crippen LogP contribution is -2.43. The zero-order chi connectivity index (χ0) is 27.3. The van der Waals surface area contributed by atoms with Crippen molar-refractivity contribution in [1.29, 1.82) is 0 Å². The van der Waals surface area contributed by atoms with Gasteiger partial charge in [0.05, 0.1) is 11.1 Å². The summed E-state index contributed by atoms with van der Waals surface area (Å²) in [5.74, 6) is -1.72. The Kier molecular flexibility index (Phi) is 9.31. The van der Waals surface area contributed by atoms with E-state index in [0.29, 0.717) is 11.6 Å². The van der Waals surface area contributed by atoms with Crippen molar-refractivity contribution in [1.82, 2.24) is 15.0 Å². The van der Waals surface area contributed by atoms with E-state index in [1.807, 2.05) is 52.0 Å². The number of aromatic nitrogens is 1. The van der Waals surface area contributed by atoms with Crippen molar-refractivity contribution in [2.45, 2.75) is 46.2 Å². The van der Waals surface area contributed by atoms with Crippen molar-refractivity contribution in [3.05, 3.63) is 53.2 Å². The molecule has 2 heterocycles. The van der Waals surface area contributed by atoms with Crippen LogP contribution in [-0.2, 0) is 6.54 Å². The van der Waals surface area contributed by atoms with Gasteiger partial charge in [-0.05, 0) is 47.8 Å². The average molecular weight is 511 g/mol. The highest BCUT2D eigenvalue weighted by Gasteiger charge is 2.27. The fourth-order valence-electron chi connectivity index (χ4n) is 4.08. The van der Waals surface area contributed by atoms with Crippen molar-refractivity contribution in [2.75, 3.05) is 33.2 Å². The van der Waals surface area contributed by atoms with Crippen LogP contribution < -0.4 is 5.73 Å². The summed E-state index contributed by atoms with van der Waals surface area (Å²) in [4.78, 5) is 16.6. The maximum absolute atomic E-state index is 11.9. The van der Waals surface area contributed by atoms with Gasteiger partial charge in [-0.2, -0.15) is 0 Å². The number of carboxylic acids is 1. The number of rotatable bonds is 6. The average Bonchev–Trinajstić information content (AvgIpc) is 3.27. The Balaban J connectivity index is 0.000000886. The van der Waals surface area contributed by atoms with Gasteiger partial charge in [0.25, 0.3) is 0 Å². The molecule has 1 aliphatic heterocycles. The van der Waals surface area contributed by atoms with Crippen LogP contribution in [0, 0.1) is 0 Å². The van der Waals surface area contributed by atoms with Gasteiger partial charge < -0.3 is 30.5 Å². The summed E-state index contributed by atoms with van der Waals surface area (Å²) in [6.07, 6.45) is 0. The van der Waals surface area contributed by atoms with E-state index in [1.165, 1.54) is 6.07 Å². The second kappa shape index (κ2) is 12.2. The molecule has 5 N–H and O–H groups in total. The van der Waals surface area contributed by atoms with Crippen LogP contribution in [0.4, 0.5) is 0 Å². The minimum atomic E-state index is -1.23. The van der Waals surface area contributed by atoms with Gasteiger partial charge in [-0.3, -0.25) is 4.90 Å². The number of nitrogens with two attached hydrogens (primary N) is 1. The number of aromatic hydroxyl groups is 2. The largest absolute Gasteiger partial charge is 0.504 e. The van der Waals surface area contributed by atoms with Crippen LogP contribution in [0.2, 0.25) is 0 Å². The summed E-state index contributed by atoms with van der Waals surface area (Å²) in [5.41, 5.74) is 7.85. The number of hydrogen-bond donors (Lipinski definition) is 4. The SMILES string of the molecule is CC(C)N.CC(C)c1cc(O)c(O)c(-c2onc(C(=O)O)c2-c2ccc(CN3CCN(C)CC3)cc2)c1. The Labute approximate surface area is 218 Å². The van der Waals surface area contributed by atoms with Crippen LogP contribution in [-0.4, -0.2) is 75.5 Å². The predicted octanol–water partition coefficient (Wildman–Crippen LogP) is 4.34. The normalized spacial score (nSPS) is 14.6. The first-order valence-corrected chi connectivity index (χ1v) is 12.5. The van der Waals surface area contributed by atoms with Crippen molar-refractivity contribution >= 4 is 5.97 Å². The Hall–Kier alpha value is -3.40. The second-order valence-electron chi connectivity index (χ2n) is 10.2. The molecule has 0 amide bonds. The van der Waals surface area contributed by atoms with Gasteiger partial charge in [-0.1, -0.05) is 57.1 Å². The summed E-state index contributed by atoms with van der Waals surface area (Å²) < 4.78 is 5.42. The first-order chi connectivity index (χ1) is 17.5. The van der Waals surface area contributed by atoms with Crippen LogP contribution in [0.15, 0.2) is 40.9 Å². The van der Waals surface area contributed by atoms with E-state index in [9.17, 15) is 20.1 Å². The topological polar surface area (TPSA) is 136 Å². The summed E-state index contributed by atoms with van der Waals surface area (Å²) in [7, 11) is 2.12. The molecule has 0 saturated carbocycles. The van der Waals surface area contributed by atoms with Gasteiger partial charge in [0, 0.05) is 32.7 Å². The predicted molar refractivity (Wildman–Crippen MR) is 144 cm³/mol. The molecular weight excluding hydrogens is 472 g/mol. The molecule has 37 heavy (non-hydrogen) atoms. The summed E-state index contributed by atoms with van der Waals surface area (Å²) >= 11 is 0. The maximum Gasteiger partial charge on any atom is 0.358 e. The third kappa shape index (κ3) is 7.09. The number of phenols is 2. The number of nitrogens with zero attached hydrogens (tertiary/aromatic N) is 3. The number of carboxylic acid groups (broad SMARTS) is 1. The summed E-state index contributed by atoms with van der Waals surface area (Å²) in [6.45, 7) is 12.7. The van der Waals surface area contributed by atoms with Gasteiger partial charge >= 0.3 is 5.97 Å². The fraction of sp³-hybridized carbons (Fsp3) is 0.429. The smallest absolute Gasteiger partial charge is 0.358 e. The molecule has 4 rings (SSSR count). The molecule has 0 spiro atoms. The first-order valence-electron chi connectivity index (χ1n) is 12.5. The van der Waals surface area contributed by atoms with E-state index >= 15 is 0 Å². The molecule has 1 aromatic heterocycles. The zero-order valence-electron chi connectivity index (χ0n) is 22.2. The molecule has 0 unspecified atom stereocenters. The zero-order valence-corrected chi connectivity index (χ0v) is 22.2. The molecule has 9 heteroatoms. The van der Waals surface area contributed by atoms with Crippen molar-refractivity contribution < 1.29 is 24.6 Å². The highest BCUT2D eigenvalue weighted by atomic mass is 16.5. The minimum Gasteiger partial charge on any atom is -0.504 e. The molecule has 2 aromatic carbocycles.